The predicted octanol–water partition coefficient (Wildman–Crippen LogP) is 0.830. The zero-order chi connectivity index (χ0) is 10.6. The molecule has 78 valence electrons. The van der Waals surface area contributed by atoms with Crippen molar-refractivity contribution >= 4 is 5.91 Å². The molecule has 1 aliphatic rings. The van der Waals surface area contributed by atoms with Gasteiger partial charge in [-0.25, -0.2) is 0 Å². The van der Waals surface area contributed by atoms with Crippen molar-refractivity contribution in [3.63, 3.8) is 0 Å². The summed E-state index contributed by atoms with van der Waals surface area (Å²) in [4.78, 5) is 11.4. The van der Waals surface area contributed by atoms with Gasteiger partial charge in [0.05, 0.1) is 12.2 Å². The summed E-state index contributed by atoms with van der Waals surface area (Å²) < 4.78 is 5.36. The predicted molar refractivity (Wildman–Crippen MR) is 51.4 cm³/mol. The zero-order valence-electron chi connectivity index (χ0n) is 8.62. The molecule has 4 nitrogen and oxygen atoms in total. The van der Waals surface area contributed by atoms with Crippen LogP contribution in [-0.4, -0.2) is 24.7 Å². The summed E-state index contributed by atoms with van der Waals surface area (Å²) in [6.07, 6.45) is 1.88. The number of rotatable bonds is 2. The maximum Gasteiger partial charge on any atom is 0.237 e. The molecule has 0 aliphatic carbocycles. The van der Waals surface area contributed by atoms with Gasteiger partial charge < -0.3 is 10.1 Å². The van der Waals surface area contributed by atoms with Gasteiger partial charge in [-0.15, -0.1) is 0 Å². The quantitative estimate of drug-likeness (QED) is 0.711. The first-order valence-corrected chi connectivity index (χ1v) is 4.95. The molecule has 1 fully saturated rings. The lowest BCUT2D eigenvalue weighted by Gasteiger charge is -2.28. The number of amides is 1. The van der Waals surface area contributed by atoms with Crippen LogP contribution < -0.4 is 5.32 Å². The minimum Gasteiger partial charge on any atom is -0.378 e. The molecule has 1 aliphatic heterocycles. The first-order valence-electron chi connectivity index (χ1n) is 4.95. The number of carbonyl (C=O) groups excluding carboxylic acids is 1. The lowest BCUT2D eigenvalue weighted by Crippen LogP contribution is -2.43. The SMILES string of the molecule is CC1CC(NC(=O)C(C)C#N)CCO1. The molecule has 3 unspecified atom stereocenters. The average molecular weight is 196 g/mol. The molecule has 14 heavy (non-hydrogen) atoms. The van der Waals surface area contributed by atoms with Crippen molar-refractivity contribution in [1.82, 2.24) is 5.32 Å². The molecule has 0 spiro atoms. The fourth-order valence-corrected chi connectivity index (χ4v) is 1.51. The monoisotopic (exact) mass is 196 g/mol. The smallest absolute Gasteiger partial charge is 0.237 e. The number of nitriles is 1. The molecule has 1 N–H and O–H groups in total. The van der Waals surface area contributed by atoms with Crippen LogP contribution >= 0.6 is 0 Å². The molecule has 1 amide bonds. The van der Waals surface area contributed by atoms with Gasteiger partial charge in [0.15, 0.2) is 0 Å². The van der Waals surface area contributed by atoms with Gasteiger partial charge in [0, 0.05) is 12.6 Å². The van der Waals surface area contributed by atoms with E-state index in [4.69, 9.17) is 10.00 Å². The summed E-state index contributed by atoms with van der Waals surface area (Å²) in [5, 5.41) is 11.4. The highest BCUT2D eigenvalue weighted by atomic mass is 16.5. The van der Waals surface area contributed by atoms with Crippen LogP contribution in [-0.2, 0) is 9.53 Å². The molecule has 1 heterocycles. The van der Waals surface area contributed by atoms with E-state index in [9.17, 15) is 4.79 Å². The molecule has 1 rings (SSSR count). The van der Waals surface area contributed by atoms with E-state index in [0.717, 1.165) is 12.8 Å². The maximum atomic E-state index is 11.4. The fraction of sp³-hybridized carbons (Fsp3) is 0.800. The molecule has 0 aromatic rings. The highest BCUT2D eigenvalue weighted by Gasteiger charge is 2.22. The van der Waals surface area contributed by atoms with Crippen LogP contribution in [0.25, 0.3) is 0 Å². The minimum atomic E-state index is -0.562. The fourth-order valence-electron chi connectivity index (χ4n) is 1.51. The van der Waals surface area contributed by atoms with Gasteiger partial charge in [0.2, 0.25) is 5.91 Å². The van der Waals surface area contributed by atoms with E-state index in [1.54, 1.807) is 6.92 Å². The Bertz CT molecular complexity index is 247. The second kappa shape index (κ2) is 4.97. The first-order chi connectivity index (χ1) is 6.63. The molecule has 0 bridgehead atoms. The Labute approximate surface area is 84.2 Å². The van der Waals surface area contributed by atoms with E-state index in [-0.39, 0.29) is 18.1 Å². The van der Waals surface area contributed by atoms with E-state index < -0.39 is 5.92 Å². The van der Waals surface area contributed by atoms with Crippen LogP contribution in [0.2, 0.25) is 0 Å². The molecule has 4 heteroatoms. The van der Waals surface area contributed by atoms with Gasteiger partial charge in [-0.05, 0) is 26.7 Å². The number of hydrogen-bond donors (Lipinski definition) is 1. The van der Waals surface area contributed by atoms with Crippen molar-refractivity contribution in [2.75, 3.05) is 6.61 Å². The molecule has 0 radical (unpaired) electrons. The maximum absolute atomic E-state index is 11.4. The lowest BCUT2D eigenvalue weighted by molar-refractivity contribution is -0.124. The molecule has 1 saturated heterocycles. The van der Waals surface area contributed by atoms with Gasteiger partial charge >= 0.3 is 0 Å². The summed E-state index contributed by atoms with van der Waals surface area (Å²) in [5.74, 6) is -0.736. The molecule has 0 aromatic carbocycles. The summed E-state index contributed by atoms with van der Waals surface area (Å²) >= 11 is 0. The summed E-state index contributed by atoms with van der Waals surface area (Å²) in [5.41, 5.74) is 0. The summed E-state index contributed by atoms with van der Waals surface area (Å²) in [6, 6.07) is 2.09. The van der Waals surface area contributed by atoms with Crippen molar-refractivity contribution in [2.45, 2.75) is 38.8 Å². The lowest BCUT2D eigenvalue weighted by atomic mass is 10.0. The van der Waals surface area contributed by atoms with Gasteiger partial charge in [-0.2, -0.15) is 5.26 Å². The zero-order valence-corrected chi connectivity index (χ0v) is 8.62. The second-order valence-corrected chi connectivity index (χ2v) is 3.76. The van der Waals surface area contributed by atoms with Crippen LogP contribution in [0.4, 0.5) is 0 Å². The third kappa shape index (κ3) is 3.00. The standard InChI is InChI=1S/C10H16N2O2/c1-7(6-11)10(13)12-9-3-4-14-8(2)5-9/h7-9H,3-5H2,1-2H3,(H,12,13). The van der Waals surface area contributed by atoms with Gasteiger partial charge in [0.25, 0.3) is 0 Å². The topological polar surface area (TPSA) is 62.1 Å². The summed E-state index contributed by atoms with van der Waals surface area (Å²) in [6.45, 7) is 4.29. The number of ether oxygens (including phenoxy) is 1. The highest BCUT2D eigenvalue weighted by molar-refractivity contribution is 5.80. The molecule has 3 atom stereocenters. The normalized spacial score (nSPS) is 28.9. The Morgan fingerprint density at radius 1 is 1.71 bits per heavy atom. The number of nitrogens with one attached hydrogen (secondary N) is 1. The summed E-state index contributed by atoms with van der Waals surface area (Å²) in [7, 11) is 0. The van der Waals surface area contributed by atoms with E-state index in [0.29, 0.717) is 6.61 Å². The minimum absolute atomic E-state index is 0.169. The van der Waals surface area contributed by atoms with Crippen molar-refractivity contribution in [3.8, 4) is 6.07 Å². The third-order valence-corrected chi connectivity index (χ3v) is 2.42. The van der Waals surface area contributed by atoms with Crippen molar-refractivity contribution in [3.05, 3.63) is 0 Å². The van der Waals surface area contributed by atoms with E-state index in [2.05, 4.69) is 5.32 Å². The Hall–Kier alpha value is -1.08. The average Bonchev–Trinajstić information content (AvgIpc) is 2.16. The second-order valence-electron chi connectivity index (χ2n) is 3.76. The van der Waals surface area contributed by atoms with Crippen molar-refractivity contribution in [1.29, 1.82) is 5.26 Å². The largest absolute Gasteiger partial charge is 0.378 e. The molecule has 0 saturated carbocycles. The van der Waals surface area contributed by atoms with Crippen molar-refractivity contribution in [2.24, 2.45) is 5.92 Å². The van der Waals surface area contributed by atoms with Crippen LogP contribution in [0.15, 0.2) is 0 Å². The number of nitrogens with zero attached hydrogens (tertiary/aromatic N) is 1. The van der Waals surface area contributed by atoms with Crippen LogP contribution in [0.1, 0.15) is 26.7 Å². The number of carbonyl (C=O) groups is 1. The Kier molecular flexibility index (Phi) is 3.90. The van der Waals surface area contributed by atoms with E-state index >= 15 is 0 Å². The van der Waals surface area contributed by atoms with Crippen LogP contribution in [0.5, 0.6) is 0 Å². The van der Waals surface area contributed by atoms with E-state index in [1.165, 1.54) is 0 Å². The van der Waals surface area contributed by atoms with Gasteiger partial charge in [-0.3, -0.25) is 4.79 Å². The van der Waals surface area contributed by atoms with Crippen molar-refractivity contribution < 1.29 is 9.53 Å². The Balaban J connectivity index is 2.37. The number of hydrogen-bond acceptors (Lipinski definition) is 3. The van der Waals surface area contributed by atoms with Gasteiger partial charge in [-0.1, -0.05) is 0 Å². The highest BCUT2D eigenvalue weighted by Crippen LogP contribution is 2.13. The first kappa shape index (κ1) is 11.0. The van der Waals surface area contributed by atoms with Crippen LogP contribution in [0.3, 0.4) is 0 Å². The molecule has 0 aromatic heterocycles. The third-order valence-electron chi connectivity index (χ3n) is 2.42. The molecular weight excluding hydrogens is 180 g/mol. The van der Waals surface area contributed by atoms with Crippen LogP contribution in [0, 0.1) is 17.2 Å². The molecular formula is C10H16N2O2. The Morgan fingerprint density at radius 2 is 2.43 bits per heavy atom. The van der Waals surface area contributed by atoms with Gasteiger partial charge in [0.1, 0.15) is 5.92 Å². The Morgan fingerprint density at radius 3 is 3.00 bits per heavy atom. The van der Waals surface area contributed by atoms with E-state index in [1.807, 2.05) is 13.0 Å².